The van der Waals surface area contributed by atoms with Gasteiger partial charge >= 0.3 is 0 Å². The van der Waals surface area contributed by atoms with E-state index in [1.807, 2.05) is 20.8 Å². The quantitative estimate of drug-likeness (QED) is 0.180. The van der Waals surface area contributed by atoms with E-state index >= 15 is 0 Å². The minimum Gasteiger partial charge on any atom is -0.242 e. The second-order valence-corrected chi connectivity index (χ2v) is 17.3. The van der Waals surface area contributed by atoms with E-state index in [0.29, 0.717) is 0 Å². The first-order valence-corrected chi connectivity index (χ1v) is 18.0. The molecule has 0 fully saturated rings. The van der Waals surface area contributed by atoms with Gasteiger partial charge in [-0.05, 0) is 74.9 Å². The third-order valence-electron chi connectivity index (χ3n) is 6.89. The average molecular weight is 594 g/mol. The van der Waals surface area contributed by atoms with Crippen LogP contribution >= 0.6 is 15.8 Å². The van der Waals surface area contributed by atoms with E-state index in [1.165, 1.54) is 32.1 Å². The molecule has 0 saturated carbocycles. The Morgan fingerprint density at radius 1 is 0.585 bits per heavy atom. The van der Waals surface area contributed by atoms with Crippen LogP contribution in [-0.4, -0.2) is 15.1 Å². The first-order valence-electron chi connectivity index (χ1n) is 14.0. The lowest BCUT2D eigenvalue weighted by Gasteiger charge is -2.31. The third kappa shape index (κ3) is 7.48. The first kappa shape index (κ1) is 29.6. The van der Waals surface area contributed by atoms with Crippen LogP contribution in [0.4, 0.5) is 0 Å². The van der Waals surface area contributed by atoms with Crippen molar-refractivity contribution >= 4 is 53.4 Å². The van der Waals surface area contributed by atoms with Gasteiger partial charge in [0, 0.05) is 6.04 Å². The van der Waals surface area contributed by atoms with Gasteiger partial charge in [0.1, 0.15) is 0 Å². The minimum atomic E-state index is -1.24. The van der Waals surface area contributed by atoms with Crippen molar-refractivity contribution in [1.82, 2.24) is 4.72 Å². The minimum absolute atomic E-state index is 0.102. The lowest BCUT2D eigenvalue weighted by molar-refractivity contribution is 0.618. The number of nitrogens with one attached hydrogen (secondary N) is 1. The van der Waals surface area contributed by atoms with Crippen molar-refractivity contribution in [2.24, 2.45) is 0 Å². The summed E-state index contributed by atoms with van der Waals surface area (Å²) in [5, 5.41) is 6.58. The molecule has 5 heteroatoms. The summed E-state index contributed by atoms with van der Waals surface area (Å²) in [5.41, 5.74) is 1.23. The van der Waals surface area contributed by atoms with E-state index in [9.17, 15) is 4.21 Å². The van der Waals surface area contributed by atoms with Crippen LogP contribution in [0.1, 0.15) is 32.4 Å². The molecule has 41 heavy (non-hydrogen) atoms. The highest BCUT2D eigenvalue weighted by Crippen LogP contribution is 2.41. The maximum absolute atomic E-state index is 13.7. The second kappa shape index (κ2) is 13.8. The van der Waals surface area contributed by atoms with E-state index in [1.54, 1.807) is 0 Å². The number of hydrogen-bond donors (Lipinski definition) is 1. The normalized spacial score (nSPS) is 13.3. The predicted molar refractivity (Wildman–Crippen MR) is 183 cm³/mol. The SMILES string of the molecule is CC(C)(C)S(=O)NC(CP(c1ccccc1)c1ccccc1)c1ccccc1P(c1ccccc1)c1ccccc1. The molecule has 0 aliphatic carbocycles. The van der Waals surface area contributed by atoms with Gasteiger partial charge in [-0.25, -0.2) is 8.93 Å². The van der Waals surface area contributed by atoms with E-state index in [0.717, 1.165) is 6.16 Å². The van der Waals surface area contributed by atoms with Gasteiger partial charge in [0.05, 0.1) is 15.7 Å². The summed E-state index contributed by atoms with van der Waals surface area (Å²) in [6.07, 6.45) is 0.842. The Bertz CT molecular complexity index is 1460. The summed E-state index contributed by atoms with van der Waals surface area (Å²) < 4.78 is 17.0. The Balaban J connectivity index is 1.66. The molecular formula is C36H37NOP2S. The summed E-state index contributed by atoms with van der Waals surface area (Å²) in [6.45, 7) is 6.12. The molecule has 0 radical (unpaired) electrons. The summed E-state index contributed by atoms with van der Waals surface area (Å²) in [7, 11) is -2.77. The zero-order chi connectivity index (χ0) is 28.7. The van der Waals surface area contributed by atoms with Gasteiger partial charge in [-0.15, -0.1) is 0 Å². The highest BCUT2D eigenvalue weighted by molar-refractivity contribution is 7.84. The smallest absolute Gasteiger partial charge is 0.0976 e. The summed E-state index contributed by atoms with van der Waals surface area (Å²) in [4.78, 5) is 0. The van der Waals surface area contributed by atoms with Crippen molar-refractivity contribution < 1.29 is 4.21 Å². The van der Waals surface area contributed by atoms with Crippen LogP contribution < -0.4 is 31.2 Å². The molecular weight excluding hydrogens is 556 g/mol. The fourth-order valence-electron chi connectivity index (χ4n) is 4.83. The second-order valence-electron chi connectivity index (χ2n) is 10.9. The van der Waals surface area contributed by atoms with Crippen molar-refractivity contribution in [3.63, 3.8) is 0 Å². The molecule has 5 rings (SSSR count). The van der Waals surface area contributed by atoms with Crippen LogP contribution in [0.25, 0.3) is 0 Å². The molecule has 0 aliphatic rings. The van der Waals surface area contributed by atoms with Crippen molar-refractivity contribution in [1.29, 1.82) is 0 Å². The van der Waals surface area contributed by atoms with Crippen molar-refractivity contribution in [3.8, 4) is 0 Å². The Morgan fingerprint density at radius 2 is 0.976 bits per heavy atom. The highest BCUT2D eigenvalue weighted by Gasteiger charge is 2.30. The Morgan fingerprint density at radius 3 is 1.41 bits per heavy atom. The number of benzene rings is 5. The van der Waals surface area contributed by atoms with Crippen LogP contribution in [0, 0.1) is 0 Å². The molecule has 2 nitrogen and oxygen atoms in total. The Labute approximate surface area is 250 Å². The molecule has 0 saturated heterocycles. The topological polar surface area (TPSA) is 29.1 Å². The fourth-order valence-corrected chi connectivity index (χ4v) is 10.7. The van der Waals surface area contributed by atoms with Crippen LogP contribution in [0.15, 0.2) is 146 Å². The largest absolute Gasteiger partial charge is 0.242 e. The van der Waals surface area contributed by atoms with Gasteiger partial charge in [0.2, 0.25) is 0 Å². The molecule has 2 atom stereocenters. The number of rotatable bonds is 10. The maximum atomic E-state index is 13.7. The third-order valence-corrected chi connectivity index (χ3v) is 13.6. The van der Waals surface area contributed by atoms with Crippen molar-refractivity contribution in [3.05, 3.63) is 151 Å². The summed E-state index contributed by atoms with van der Waals surface area (Å²) in [5.74, 6) is 0. The van der Waals surface area contributed by atoms with Crippen LogP contribution in [0.5, 0.6) is 0 Å². The maximum Gasteiger partial charge on any atom is 0.0976 e. The molecule has 0 aromatic heterocycles. The predicted octanol–water partition coefficient (Wildman–Crippen LogP) is 6.67. The summed E-state index contributed by atoms with van der Waals surface area (Å²) >= 11 is 0. The molecule has 2 unspecified atom stereocenters. The monoisotopic (exact) mass is 593 g/mol. The highest BCUT2D eigenvalue weighted by atomic mass is 32.2. The van der Waals surface area contributed by atoms with Crippen LogP contribution in [-0.2, 0) is 11.0 Å². The molecule has 0 spiro atoms. The Hall–Kier alpha value is -2.93. The lowest BCUT2D eigenvalue weighted by Crippen LogP contribution is -2.39. The fraction of sp³-hybridized carbons (Fsp3) is 0.167. The van der Waals surface area contributed by atoms with Gasteiger partial charge in [0.15, 0.2) is 0 Å². The molecule has 208 valence electrons. The van der Waals surface area contributed by atoms with Crippen molar-refractivity contribution in [2.45, 2.75) is 31.6 Å². The lowest BCUT2D eigenvalue weighted by atomic mass is 10.1. The molecule has 0 bridgehead atoms. The van der Waals surface area contributed by atoms with E-state index < -0.39 is 26.8 Å². The van der Waals surface area contributed by atoms with Gasteiger partial charge in [-0.1, -0.05) is 146 Å². The van der Waals surface area contributed by atoms with E-state index in [4.69, 9.17) is 0 Å². The van der Waals surface area contributed by atoms with Crippen LogP contribution in [0.3, 0.4) is 0 Å². The Kier molecular flexibility index (Phi) is 9.97. The molecule has 0 aliphatic heterocycles. The molecule has 0 heterocycles. The van der Waals surface area contributed by atoms with Crippen LogP contribution in [0.2, 0.25) is 0 Å². The van der Waals surface area contributed by atoms with E-state index in [2.05, 4.69) is 150 Å². The summed E-state index contributed by atoms with van der Waals surface area (Å²) in [6, 6.07) is 52.0. The zero-order valence-electron chi connectivity index (χ0n) is 23.9. The van der Waals surface area contributed by atoms with Gasteiger partial charge in [0.25, 0.3) is 0 Å². The molecule has 5 aromatic carbocycles. The average Bonchev–Trinajstić information content (AvgIpc) is 3.01. The van der Waals surface area contributed by atoms with Gasteiger partial charge < -0.3 is 0 Å². The van der Waals surface area contributed by atoms with E-state index in [-0.39, 0.29) is 10.8 Å². The zero-order valence-corrected chi connectivity index (χ0v) is 26.5. The molecule has 1 N–H and O–H groups in total. The number of hydrogen-bond acceptors (Lipinski definition) is 1. The molecule has 5 aromatic rings. The van der Waals surface area contributed by atoms with Gasteiger partial charge in [-0.2, -0.15) is 0 Å². The molecule has 0 amide bonds. The standard InChI is InChI=1S/C36H37NOP2S/c1-36(2,3)41(38)37-34(28-39(29-18-8-4-9-19-29)30-20-10-5-11-21-30)33-26-16-17-27-35(33)40(31-22-12-6-13-23-31)32-24-14-7-15-25-32/h4-27,34,37H,28H2,1-3H3. The first-order chi connectivity index (χ1) is 19.9. The van der Waals surface area contributed by atoms with Gasteiger partial charge in [-0.3, -0.25) is 0 Å². The van der Waals surface area contributed by atoms with Crippen molar-refractivity contribution in [2.75, 3.05) is 6.16 Å².